The molecule has 0 saturated carbocycles. The highest BCUT2D eigenvalue weighted by molar-refractivity contribution is 5.04. The lowest BCUT2D eigenvalue weighted by atomic mass is 10.2. The first kappa shape index (κ1) is 8.78. The van der Waals surface area contributed by atoms with Crippen molar-refractivity contribution >= 4 is 0 Å². The molecule has 1 aliphatic heterocycles. The first-order valence-electron chi connectivity index (χ1n) is 4.95. The van der Waals surface area contributed by atoms with Gasteiger partial charge in [-0.15, -0.1) is 0 Å². The Labute approximate surface area is 78.7 Å². The van der Waals surface area contributed by atoms with Gasteiger partial charge in [-0.25, -0.2) is 5.01 Å². The molecule has 0 radical (unpaired) electrons. The van der Waals surface area contributed by atoms with E-state index >= 15 is 0 Å². The second-order valence-corrected chi connectivity index (χ2v) is 3.51. The number of piperidine rings is 1. The maximum Gasteiger partial charge on any atom is 0.0948 e. The number of furan rings is 1. The van der Waals surface area contributed by atoms with Gasteiger partial charge in [0.2, 0.25) is 0 Å². The molecule has 1 saturated heterocycles. The third kappa shape index (κ3) is 2.57. The first-order valence-corrected chi connectivity index (χ1v) is 4.95. The minimum atomic E-state index is 0.885. The number of nitrogens with zero attached hydrogens (tertiary/aromatic N) is 1. The molecule has 1 aromatic rings. The third-order valence-electron chi connectivity index (χ3n) is 2.44. The summed E-state index contributed by atoms with van der Waals surface area (Å²) in [4.78, 5) is 0. The minimum absolute atomic E-state index is 0.885. The van der Waals surface area contributed by atoms with E-state index in [-0.39, 0.29) is 0 Å². The molecule has 0 spiro atoms. The van der Waals surface area contributed by atoms with Gasteiger partial charge >= 0.3 is 0 Å². The van der Waals surface area contributed by atoms with Crippen LogP contribution >= 0.6 is 0 Å². The van der Waals surface area contributed by atoms with E-state index < -0.39 is 0 Å². The molecule has 0 atom stereocenters. The highest BCUT2D eigenvalue weighted by atomic mass is 16.3. The van der Waals surface area contributed by atoms with E-state index in [9.17, 15) is 0 Å². The van der Waals surface area contributed by atoms with Crippen LogP contribution in [0.15, 0.2) is 23.0 Å². The molecule has 72 valence electrons. The van der Waals surface area contributed by atoms with Gasteiger partial charge in [-0.05, 0) is 18.9 Å². The SMILES string of the molecule is c1cc(CNN2CCCCC2)co1. The molecule has 0 aromatic carbocycles. The quantitative estimate of drug-likeness (QED) is 0.768. The van der Waals surface area contributed by atoms with Crippen molar-refractivity contribution < 1.29 is 4.42 Å². The molecule has 0 amide bonds. The summed E-state index contributed by atoms with van der Waals surface area (Å²) < 4.78 is 5.00. The van der Waals surface area contributed by atoms with E-state index in [4.69, 9.17) is 4.42 Å². The fraction of sp³-hybridized carbons (Fsp3) is 0.600. The summed E-state index contributed by atoms with van der Waals surface area (Å²) in [7, 11) is 0. The third-order valence-corrected chi connectivity index (χ3v) is 2.44. The summed E-state index contributed by atoms with van der Waals surface area (Å²) in [5.74, 6) is 0. The van der Waals surface area contributed by atoms with Crippen LogP contribution in [0.3, 0.4) is 0 Å². The summed E-state index contributed by atoms with van der Waals surface area (Å²) in [5, 5.41) is 2.30. The zero-order valence-corrected chi connectivity index (χ0v) is 7.83. The first-order chi connectivity index (χ1) is 6.45. The molecule has 3 nitrogen and oxygen atoms in total. The Hall–Kier alpha value is -0.800. The highest BCUT2D eigenvalue weighted by Gasteiger charge is 2.08. The number of hydrazine groups is 1. The lowest BCUT2D eigenvalue weighted by Crippen LogP contribution is -2.41. The van der Waals surface area contributed by atoms with Crippen molar-refractivity contribution in [2.75, 3.05) is 13.1 Å². The molecule has 3 heteroatoms. The van der Waals surface area contributed by atoms with Gasteiger partial charge in [-0.3, -0.25) is 5.43 Å². The van der Waals surface area contributed by atoms with Crippen LogP contribution in [0.2, 0.25) is 0 Å². The zero-order chi connectivity index (χ0) is 8.93. The van der Waals surface area contributed by atoms with Crippen molar-refractivity contribution in [1.29, 1.82) is 0 Å². The van der Waals surface area contributed by atoms with Gasteiger partial charge in [0, 0.05) is 25.2 Å². The molecular formula is C10H16N2O. The molecule has 1 N–H and O–H groups in total. The molecule has 1 fully saturated rings. The van der Waals surface area contributed by atoms with Crippen molar-refractivity contribution in [3.05, 3.63) is 24.2 Å². The Morgan fingerprint density at radius 2 is 2.15 bits per heavy atom. The van der Waals surface area contributed by atoms with Crippen molar-refractivity contribution in [2.24, 2.45) is 0 Å². The van der Waals surface area contributed by atoms with Gasteiger partial charge in [0.15, 0.2) is 0 Å². The number of hydrogen-bond donors (Lipinski definition) is 1. The van der Waals surface area contributed by atoms with Crippen molar-refractivity contribution in [1.82, 2.24) is 10.4 Å². The van der Waals surface area contributed by atoms with Gasteiger partial charge in [0.25, 0.3) is 0 Å². The second kappa shape index (κ2) is 4.44. The molecule has 0 unspecified atom stereocenters. The van der Waals surface area contributed by atoms with E-state index in [1.54, 1.807) is 12.5 Å². The van der Waals surface area contributed by atoms with E-state index in [1.807, 2.05) is 6.07 Å². The van der Waals surface area contributed by atoms with Crippen LogP contribution in [-0.4, -0.2) is 18.1 Å². The van der Waals surface area contributed by atoms with Crippen LogP contribution in [0.5, 0.6) is 0 Å². The van der Waals surface area contributed by atoms with Gasteiger partial charge in [0.05, 0.1) is 12.5 Å². The van der Waals surface area contributed by atoms with E-state index in [0.717, 1.165) is 6.54 Å². The number of nitrogens with one attached hydrogen (secondary N) is 1. The average molecular weight is 180 g/mol. The zero-order valence-electron chi connectivity index (χ0n) is 7.83. The van der Waals surface area contributed by atoms with E-state index in [2.05, 4.69) is 10.4 Å². The predicted octanol–water partition coefficient (Wildman–Crippen LogP) is 1.77. The number of rotatable bonds is 3. The van der Waals surface area contributed by atoms with E-state index in [1.165, 1.54) is 37.9 Å². The molecule has 1 aromatic heterocycles. The van der Waals surface area contributed by atoms with Crippen LogP contribution in [0, 0.1) is 0 Å². The van der Waals surface area contributed by atoms with Crippen LogP contribution in [0.25, 0.3) is 0 Å². The molecule has 13 heavy (non-hydrogen) atoms. The Kier molecular flexibility index (Phi) is 3.00. The monoisotopic (exact) mass is 180 g/mol. The van der Waals surface area contributed by atoms with Gasteiger partial charge < -0.3 is 4.42 Å². The summed E-state index contributed by atoms with van der Waals surface area (Å²) >= 11 is 0. The minimum Gasteiger partial charge on any atom is -0.472 e. The molecule has 0 aliphatic carbocycles. The van der Waals surface area contributed by atoms with Gasteiger partial charge in [-0.2, -0.15) is 0 Å². The largest absolute Gasteiger partial charge is 0.472 e. The van der Waals surface area contributed by atoms with Crippen LogP contribution in [0.1, 0.15) is 24.8 Å². The normalized spacial score (nSPS) is 19.1. The summed E-state index contributed by atoms with van der Waals surface area (Å²) in [6, 6.07) is 2.00. The Balaban J connectivity index is 1.72. The van der Waals surface area contributed by atoms with E-state index in [0.29, 0.717) is 0 Å². The maximum absolute atomic E-state index is 5.00. The summed E-state index contributed by atoms with van der Waals surface area (Å²) in [6.07, 6.45) is 7.52. The molecule has 2 rings (SSSR count). The standard InChI is InChI=1S/C10H16N2O/c1-2-5-12(6-3-1)11-8-10-4-7-13-9-10/h4,7,9,11H,1-3,5-6,8H2. The van der Waals surface area contributed by atoms with Crippen molar-refractivity contribution in [3.63, 3.8) is 0 Å². The molecule has 0 bridgehead atoms. The van der Waals surface area contributed by atoms with Gasteiger partial charge in [-0.1, -0.05) is 6.42 Å². The number of hydrogen-bond acceptors (Lipinski definition) is 3. The van der Waals surface area contributed by atoms with Crippen LogP contribution in [-0.2, 0) is 6.54 Å². The molecule has 2 heterocycles. The predicted molar refractivity (Wildman–Crippen MR) is 51.0 cm³/mol. The van der Waals surface area contributed by atoms with Gasteiger partial charge in [0.1, 0.15) is 0 Å². The Morgan fingerprint density at radius 3 is 2.85 bits per heavy atom. The summed E-state index contributed by atoms with van der Waals surface area (Å²) in [5.41, 5.74) is 4.61. The smallest absolute Gasteiger partial charge is 0.0948 e. The molecular weight excluding hydrogens is 164 g/mol. The average Bonchev–Trinajstić information content (AvgIpc) is 2.69. The fourth-order valence-electron chi connectivity index (χ4n) is 1.65. The Morgan fingerprint density at radius 1 is 1.31 bits per heavy atom. The Bertz CT molecular complexity index is 227. The van der Waals surface area contributed by atoms with Crippen molar-refractivity contribution in [3.8, 4) is 0 Å². The second-order valence-electron chi connectivity index (χ2n) is 3.51. The lowest BCUT2D eigenvalue weighted by Gasteiger charge is -2.26. The highest BCUT2D eigenvalue weighted by Crippen LogP contribution is 2.07. The maximum atomic E-state index is 5.00. The van der Waals surface area contributed by atoms with Crippen LogP contribution in [0.4, 0.5) is 0 Å². The lowest BCUT2D eigenvalue weighted by molar-refractivity contribution is 0.151. The van der Waals surface area contributed by atoms with Crippen molar-refractivity contribution in [2.45, 2.75) is 25.8 Å². The fourth-order valence-corrected chi connectivity index (χ4v) is 1.65. The van der Waals surface area contributed by atoms with Crippen LogP contribution < -0.4 is 5.43 Å². The molecule has 1 aliphatic rings. The topological polar surface area (TPSA) is 28.4 Å². The summed E-state index contributed by atoms with van der Waals surface area (Å²) in [6.45, 7) is 3.24.